The minimum Gasteiger partial charge on any atom is -0.450 e. The molecule has 0 saturated heterocycles. The Balaban J connectivity index is 1.95. The molecule has 4 aromatic rings. The highest BCUT2D eigenvalue weighted by Crippen LogP contribution is 2.40. The molecular formula is C21H17F2N3O4S2. The smallest absolute Gasteiger partial charge is 0.259 e. The van der Waals surface area contributed by atoms with Gasteiger partial charge in [-0.3, -0.25) is 14.5 Å². The van der Waals surface area contributed by atoms with Gasteiger partial charge in [-0.05, 0) is 36.6 Å². The lowest BCUT2D eigenvalue weighted by atomic mass is 10.0. The standard InChI is InChI=1S/C21H17F2N3O4S2/c1-3-32(28,29)25-12-4-5-18(30-19-16(22)9-24-10-17(19)23)14(8-12)15-11-26(2)21(27)13-6-7-31-20(13)15/h4-11,25H,3H2,1-2H3. The molecule has 3 heterocycles. The highest BCUT2D eigenvalue weighted by atomic mass is 32.2. The molecule has 7 nitrogen and oxygen atoms in total. The van der Waals surface area contributed by atoms with E-state index in [9.17, 15) is 22.0 Å². The van der Waals surface area contributed by atoms with Crippen molar-refractivity contribution in [1.82, 2.24) is 9.55 Å². The second-order valence-corrected chi connectivity index (χ2v) is 9.80. The maximum atomic E-state index is 14.2. The average molecular weight is 478 g/mol. The number of fused-ring (bicyclic) bond motifs is 1. The molecule has 0 saturated carbocycles. The topological polar surface area (TPSA) is 90.3 Å². The zero-order valence-electron chi connectivity index (χ0n) is 16.9. The number of rotatable bonds is 6. The van der Waals surface area contributed by atoms with E-state index in [0.29, 0.717) is 21.2 Å². The van der Waals surface area contributed by atoms with Crippen LogP contribution in [0.3, 0.4) is 0 Å². The molecule has 1 N–H and O–H groups in total. The highest BCUT2D eigenvalue weighted by molar-refractivity contribution is 7.92. The Morgan fingerprint density at radius 3 is 2.56 bits per heavy atom. The van der Waals surface area contributed by atoms with Crippen LogP contribution in [0.2, 0.25) is 0 Å². The number of hydrogen-bond donors (Lipinski definition) is 1. The molecule has 3 aromatic heterocycles. The van der Waals surface area contributed by atoms with Crippen molar-refractivity contribution in [2.45, 2.75) is 6.92 Å². The first-order chi connectivity index (χ1) is 15.2. The molecule has 0 aliphatic rings. The van der Waals surface area contributed by atoms with Gasteiger partial charge < -0.3 is 9.30 Å². The minimum absolute atomic E-state index is 0.0711. The van der Waals surface area contributed by atoms with Crippen LogP contribution >= 0.6 is 11.3 Å². The third-order valence-corrected chi connectivity index (χ3v) is 6.98. The number of aryl methyl sites for hydroxylation is 1. The predicted octanol–water partition coefficient (Wildman–Crippen LogP) is 4.49. The van der Waals surface area contributed by atoms with E-state index in [1.807, 2.05) is 0 Å². The lowest BCUT2D eigenvalue weighted by Gasteiger charge is -2.16. The zero-order valence-corrected chi connectivity index (χ0v) is 18.6. The van der Waals surface area contributed by atoms with Gasteiger partial charge in [0.15, 0.2) is 11.6 Å². The molecule has 0 spiro atoms. The van der Waals surface area contributed by atoms with Gasteiger partial charge in [-0.2, -0.15) is 0 Å². The summed E-state index contributed by atoms with van der Waals surface area (Å²) in [7, 11) is -2.00. The number of sulfonamides is 1. The van der Waals surface area contributed by atoms with Crippen molar-refractivity contribution in [1.29, 1.82) is 0 Å². The van der Waals surface area contributed by atoms with Crippen LogP contribution in [-0.2, 0) is 17.1 Å². The summed E-state index contributed by atoms with van der Waals surface area (Å²) in [5.74, 6) is -2.69. The Hall–Kier alpha value is -3.31. The van der Waals surface area contributed by atoms with E-state index in [0.717, 1.165) is 12.4 Å². The van der Waals surface area contributed by atoms with E-state index >= 15 is 0 Å². The fraction of sp³-hybridized carbons (Fsp3) is 0.143. The summed E-state index contributed by atoms with van der Waals surface area (Å²) in [4.78, 5) is 15.9. The molecule has 0 unspecified atom stereocenters. The molecular weight excluding hydrogens is 460 g/mol. The average Bonchev–Trinajstić information content (AvgIpc) is 3.24. The van der Waals surface area contributed by atoms with E-state index in [2.05, 4.69) is 9.71 Å². The van der Waals surface area contributed by atoms with Crippen molar-refractivity contribution >= 4 is 37.1 Å². The second kappa shape index (κ2) is 8.32. The SMILES string of the molecule is CCS(=O)(=O)Nc1ccc(Oc2c(F)cncc2F)c(-c2cn(C)c(=O)c3ccsc23)c1. The molecule has 0 aliphatic heterocycles. The maximum Gasteiger partial charge on any atom is 0.259 e. The minimum atomic E-state index is -3.57. The number of benzene rings is 1. The normalized spacial score (nSPS) is 11.6. The third kappa shape index (κ3) is 4.08. The molecule has 166 valence electrons. The van der Waals surface area contributed by atoms with Crippen molar-refractivity contribution in [2.24, 2.45) is 7.05 Å². The fourth-order valence-corrected chi connectivity index (χ4v) is 4.67. The molecule has 0 amide bonds. The van der Waals surface area contributed by atoms with Crippen LogP contribution in [0.25, 0.3) is 21.2 Å². The summed E-state index contributed by atoms with van der Waals surface area (Å²) < 4.78 is 62.5. The Kier molecular flexibility index (Phi) is 5.70. The molecule has 0 bridgehead atoms. The van der Waals surface area contributed by atoms with E-state index in [1.54, 1.807) is 24.7 Å². The van der Waals surface area contributed by atoms with Crippen LogP contribution in [0.1, 0.15) is 6.92 Å². The lowest BCUT2D eigenvalue weighted by Crippen LogP contribution is -2.16. The Labute approximate surface area is 186 Å². The van der Waals surface area contributed by atoms with Gasteiger partial charge in [0.2, 0.25) is 15.8 Å². The first kappa shape index (κ1) is 21.9. The molecule has 0 aliphatic carbocycles. The number of thiophene rings is 1. The first-order valence-corrected chi connectivity index (χ1v) is 11.9. The fourth-order valence-electron chi connectivity index (χ4n) is 3.13. The van der Waals surface area contributed by atoms with E-state index in [4.69, 9.17) is 4.74 Å². The maximum absolute atomic E-state index is 14.2. The van der Waals surface area contributed by atoms with Crippen molar-refractivity contribution in [3.63, 3.8) is 0 Å². The second-order valence-electron chi connectivity index (χ2n) is 6.87. The van der Waals surface area contributed by atoms with Gasteiger partial charge in [0, 0.05) is 34.8 Å². The summed E-state index contributed by atoms with van der Waals surface area (Å²) in [6.45, 7) is 1.50. The number of nitrogens with zero attached hydrogens (tertiary/aromatic N) is 2. The molecule has 4 rings (SSSR count). The van der Waals surface area contributed by atoms with Crippen molar-refractivity contribution in [3.05, 3.63) is 70.2 Å². The Morgan fingerprint density at radius 1 is 1.16 bits per heavy atom. The molecule has 1 aromatic carbocycles. The number of halogens is 2. The summed E-state index contributed by atoms with van der Waals surface area (Å²) in [6, 6.07) is 6.01. The van der Waals surface area contributed by atoms with Gasteiger partial charge in [-0.25, -0.2) is 17.2 Å². The summed E-state index contributed by atoms with van der Waals surface area (Å²) in [5, 5.41) is 2.21. The highest BCUT2D eigenvalue weighted by Gasteiger charge is 2.19. The van der Waals surface area contributed by atoms with Crippen molar-refractivity contribution in [2.75, 3.05) is 10.5 Å². The zero-order chi connectivity index (χ0) is 23.0. The van der Waals surface area contributed by atoms with Crippen LogP contribution < -0.4 is 15.0 Å². The van der Waals surface area contributed by atoms with Crippen molar-refractivity contribution in [3.8, 4) is 22.6 Å². The van der Waals surface area contributed by atoms with Gasteiger partial charge in [0.25, 0.3) is 5.56 Å². The number of ether oxygens (including phenoxy) is 1. The van der Waals surface area contributed by atoms with Gasteiger partial charge in [-0.1, -0.05) is 0 Å². The molecule has 0 fully saturated rings. The van der Waals surface area contributed by atoms with Crippen LogP contribution in [0.4, 0.5) is 14.5 Å². The molecule has 32 heavy (non-hydrogen) atoms. The summed E-state index contributed by atoms with van der Waals surface area (Å²) >= 11 is 1.31. The number of anilines is 1. The Morgan fingerprint density at radius 2 is 1.88 bits per heavy atom. The molecule has 11 heteroatoms. The number of hydrogen-bond acceptors (Lipinski definition) is 6. The molecule has 0 radical (unpaired) electrons. The Bertz CT molecular complexity index is 1480. The first-order valence-electron chi connectivity index (χ1n) is 9.38. The van der Waals surface area contributed by atoms with Gasteiger partial charge in [-0.15, -0.1) is 11.3 Å². The predicted molar refractivity (Wildman–Crippen MR) is 120 cm³/mol. The number of aromatic nitrogens is 2. The summed E-state index contributed by atoms with van der Waals surface area (Å²) in [6.07, 6.45) is 3.22. The number of nitrogens with one attached hydrogen (secondary N) is 1. The van der Waals surface area contributed by atoms with Crippen LogP contribution in [0, 0.1) is 11.6 Å². The monoisotopic (exact) mass is 477 g/mol. The van der Waals surface area contributed by atoms with E-state index in [1.165, 1.54) is 41.0 Å². The number of pyridine rings is 2. The largest absolute Gasteiger partial charge is 0.450 e. The van der Waals surface area contributed by atoms with E-state index in [-0.39, 0.29) is 22.7 Å². The third-order valence-electron chi connectivity index (χ3n) is 4.73. The lowest BCUT2D eigenvalue weighted by molar-refractivity contribution is 0.405. The van der Waals surface area contributed by atoms with E-state index < -0.39 is 27.4 Å². The van der Waals surface area contributed by atoms with Crippen LogP contribution in [-0.4, -0.2) is 23.7 Å². The van der Waals surface area contributed by atoms with Crippen molar-refractivity contribution < 1.29 is 21.9 Å². The quantitative estimate of drug-likeness (QED) is 0.442. The van der Waals surface area contributed by atoms with Gasteiger partial charge >= 0.3 is 0 Å². The van der Waals surface area contributed by atoms with Crippen LogP contribution in [0.15, 0.2) is 53.0 Å². The summed E-state index contributed by atoms with van der Waals surface area (Å²) in [5.41, 5.74) is 0.921. The molecule has 0 atom stereocenters. The van der Waals surface area contributed by atoms with Gasteiger partial charge in [0.1, 0.15) is 5.75 Å². The van der Waals surface area contributed by atoms with Gasteiger partial charge in [0.05, 0.1) is 23.5 Å². The van der Waals surface area contributed by atoms with Crippen LogP contribution in [0.5, 0.6) is 11.5 Å².